The molecule has 0 radical (unpaired) electrons. The quantitative estimate of drug-likeness (QED) is 0.517. The Morgan fingerprint density at radius 2 is 1.75 bits per heavy atom. The molecule has 0 spiro atoms. The van der Waals surface area contributed by atoms with Crippen LogP contribution in [-0.4, -0.2) is 25.5 Å². The molecule has 0 bridgehead atoms. The second-order valence-corrected chi connectivity index (χ2v) is 8.39. The van der Waals surface area contributed by atoms with Gasteiger partial charge in [-0.15, -0.1) is 11.3 Å². The van der Waals surface area contributed by atoms with Crippen molar-refractivity contribution in [2.24, 2.45) is 5.14 Å². The Kier molecular flexibility index (Phi) is 4.71. The first-order valence-electron chi connectivity index (χ1n) is 8.22. The lowest BCUT2D eigenvalue weighted by molar-refractivity contribution is 0.415. The monoisotopic (exact) mass is 412 g/mol. The van der Waals surface area contributed by atoms with Crippen molar-refractivity contribution in [3.63, 3.8) is 0 Å². The van der Waals surface area contributed by atoms with Crippen LogP contribution in [0.25, 0.3) is 21.3 Å². The predicted molar refractivity (Wildman–Crippen MR) is 111 cm³/mol. The third-order valence-electron chi connectivity index (χ3n) is 4.22. The normalized spacial score (nSPS) is 11.5. The number of methoxy groups -OCH3 is 1. The van der Waals surface area contributed by atoms with Gasteiger partial charge in [0.25, 0.3) is 0 Å². The van der Waals surface area contributed by atoms with Gasteiger partial charge in [-0.3, -0.25) is 0 Å². The molecule has 0 amide bonds. The van der Waals surface area contributed by atoms with Crippen molar-refractivity contribution in [2.75, 3.05) is 12.4 Å². The maximum atomic E-state index is 11.4. The SMILES string of the molecule is COc1ccc(-c2csc3ncnc(Nc4ccc(S(N)(=O)=O)cc4)c23)cc1. The highest BCUT2D eigenvalue weighted by atomic mass is 32.2. The van der Waals surface area contributed by atoms with Crippen LogP contribution in [0.15, 0.2) is 65.1 Å². The molecule has 0 unspecified atom stereocenters. The van der Waals surface area contributed by atoms with Gasteiger partial charge in [-0.1, -0.05) is 12.1 Å². The molecular weight excluding hydrogens is 396 g/mol. The van der Waals surface area contributed by atoms with Crippen molar-refractivity contribution < 1.29 is 13.2 Å². The van der Waals surface area contributed by atoms with Gasteiger partial charge in [-0.05, 0) is 42.0 Å². The number of sulfonamides is 1. The first-order chi connectivity index (χ1) is 13.5. The van der Waals surface area contributed by atoms with Crippen LogP contribution in [-0.2, 0) is 10.0 Å². The Morgan fingerprint density at radius 3 is 2.39 bits per heavy atom. The standard InChI is InChI=1S/C19H16N4O3S2/c1-26-14-6-2-12(3-7-14)16-10-27-19-17(16)18(21-11-22-19)23-13-4-8-15(9-5-13)28(20,24)25/h2-11H,1H3,(H2,20,24,25)(H,21,22,23). The molecule has 7 nitrogen and oxygen atoms in total. The summed E-state index contributed by atoms with van der Waals surface area (Å²) >= 11 is 1.53. The van der Waals surface area contributed by atoms with Crippen molar-refractivity contribution in [2.45, 2.75) is 4.90 Å². The van der Waals surface area contributed by atoms with E-state index in [9.17, 15) is 8.42 Å². The number of aromatic nitrogens is 2. The number of benzene rings is 2. The number of primary sulfonamides is 1. The van der Waals surface area contributed by atoms with E-state index >= 15 is 0 Å². The van der Waals surface area contributed by atoms with Crippen molar-refractivity contribution in [3.8, 4) is 16.9 Å². The lowest BCUT2D eigenvalue weighted by atomic mass is 10.1. The molecule has 0 aliphatic carbocycles. The van der Waals surface area contributed by atoms with Crippen LogP contribution in [0.1, 0.15) is 0 Å². The van der Waals surface area contributed by atoms with E-state index in [4.69, 9.17) is 9.88 Å². The van der Waals surface area contributed by atoms with Crippen LogP contribution in [0.5, 0.6) is 5.75 Å². The number of thiophene rings is 1. The average molecular weight is 412 g/mol. The van der Waals surface area contributed by atoms with Crippen LogP contribution in [0.4, 0.5) is 11.5 Å². The zero-order valence-corrected chi connectivity index (χ0v) is 16.4. The lowest BCUT2D eigenvalue weighted by Gasteiger charge is -2.09. The number of hydrogen-bond acceptors (Lipinski definition) is 7. The van der Waals surface area contributed by atoms with Crippen LogP contribution in [0, 0.1) is 0 Å². The Hall–Kier alpha value is -3.01. The summed E-state index contributed by atoms with van der Waals surface area (Å²) in [6.45, 7) is 0. The van der Waals surface area contributed by atoms with Gasteiger partial charge >= 0.3 is 0 Å². The van der Waals surface area contributed by atoms with Crippen LogP contribution in [0.2, 0.25) is 0 Å². The Labute approximate surface area is 165 Å². The molecule has 0 aliphatic heterocycles. The van der Waals surface area contributed by atoms with Crippen molar-refractivity contribution in [1.82, 2.24) is 9.97 Å². The average Bonchev–Trinajstić information content (AvgIpc) is 3.13. The summed E-state index contributed by atoms with van der Waals surface area (Å²) in [6, 6.07) is 14.0. The van der Waals surface area contributed by atoms with Gasteiger partial charge in [0, 0.05) is 16.6 Å². The third-order valence-corrected chi connectivity index (χ3v) is 6.03. The molecule has 9 heteroatoms. The second kappa shape index (κ2) is 7.19. The Balaban J connectivity index is 1.74. The van der Waals surface area contributed by atoms with E-state index in [0.29, 0.717) is 11.5 Å². The molecule has 2 aromatic carbocycles. The highest BCUT2D eigenvalue weighted by Crippen LogP contribution is 2.37. The summed E-state index contributed by atoms with van der Waals surface area (Å²) in [4.78, 5) is 9.65. The summed E-state index contributed by atoms with van der Waals surface area (Å²) in [5, 5.41) is 11.3. The van der Waals surface area contributed by atoms with E-state index in [1.165, 1.54) is 29.8 Å². The number of ether oxygens (including phenoxy) is 1. The van der Waals surface area contributed by atoms with Crippen LogP contribution < -0.4 is 15.2 Å². The minimum Gasteiger partial charge on any atom is -0.497 e. The molecule has 4 aromatic rings. The minimum atomic E-state index is -3.73. The molecule has 4 rings (SSSR count). The summed E-state index contributed by atoms with van der Waals surface area (Å²) in [7, 11) is -2.10. The molecule has 2 aromatic heterocycles. The third kappa shape index (κ3) is 3.55. The van der Waals surface area contributed by atoms with Gasteiger partial charge in [0.05, 0.1) is 17.4 Å². The largest absolute Gasteiger partial charge is 0.497 e. The number of nitrogens with one attached hydrogen (secondary N) is 1. The maximum Gasteiger partial charge on any atom is 0.238 e. The fourth-order valence-electron chi connectivity index (χ4n) is 2.82. The molecule has 28 heavy (non-hydrogen) atoms. The zero-order valence-electron chi connectivity index (χ0n) is 14.8. The molecule has 0 fully saturated rings. The fourth-order valence-corrected chi connectivity index (χ4v) is 4.25. The number of hydrogen-bond donors (Lipinski definition) is 2. The van der Waals surface area contributed by atoms with Crippen molar-refractivity contribution >= 4 is 43.1 Å². The molecule has 0 atom stereocenters. The number of anilines is 2. The van der Waals surface area contributed by atoms with Gasteiger partial charge in [0.1, 0.15) is 22.7 Å². The summed E-state index contributed by atoms with van der Waals surface area (Å²) in [5.41, 5.74) is 2.72. The van der Waals surface area contributed by atoms with E-state index in [0.717, 1.165) is 27.1 Å². The molecule has 0 aliphatic rings. The van der Waals surface area contributed by atoms with E-state index in [2.05, 4.69) is 15.3 Å². The van der Waals surface area contributed by atoms with Gasteiger partial charge in [0.15, 0.2) is 0 Å². The lowest BCUT2D eigenvalue weighted by Crippen LogP contribution is -2.11. The van der Waals surface area contributed by atoms with Crippen molar-refractivity contribution in [1.29, 1.82) is 0 Å². The van der Waals surface area contributed by atoms with E-state index in [1.54, 1.807) is 19.2 Å². The first kappa shape index (κ1) is 18.4. The molecular formula is C19H16N4O3S2. The molecule has 0 saturated carbocycles. The highest BCUT2D eigenvalue weighted by Gasteiger charge is 2.14. The zero-order chi connectivity index (χ0) is 19.7. The minimum absolute atomic E-state index is 0.0559. The van der Waals surface area contributed by atoms with Crippen molar-refractivity contribution in [3.05, 3.63) is 60.2 Å². The van der Waals surface area contributed by atoms with E-state index in [-0.39, 0.29) is 4.90 Å². The van der Waals surface area contributed by atoms with Crippen LogP contribution >= 0.6 is 11.3 Å². The highest BCUT2D eigenvalue weighted by molar-refractivity contribution is 7.89. The Morgan fingerprint density at radius 1 is 1.04 bits per heavy atom. The molecule has 142 valence electrons. The van der Waals surface area contributed by atoms with Crippen LogP contribution in [0.3, 0.4) is 0 Å². The predicted octanol–water partition coefficient (Wildman–Crippen LogP) is 3.76. The van der Waals surface area contributed by atoms with Gasteiger partial charge in [-0.2, -0.15) is 0 Å². The number of nitrogens with zero attached hydrogens (tertiary/aromatic N) is 2. The van der Waals surface area contributed by atoms with Gasteiger partial charge in [0.2, 0.25) is 10.0 Å². The summed E-state index contributed by atoms with van der Waals surface area (Å²) < 4.78 is 28.1. The van der Waals surface area contributed by atoms with Gasteiger partial charge < -0.3 is 10.1 Å². The first-order valence-corrected chi connectivity index (χ1v) is 10.6. The fraction of sp³-hybridized carbons (Fsp3) is 0.0526. The summed E-state index contributed by atoms with van der Waals surface area (Å²) in [5.74, 6) is 1.42. The van der Waals surface area contributed by atoms with Gasteiger partial charge in [-0.25, -0.2) is 23.5 Å². The number of nitrogens with two attached hydrogens (primary N) is 1. The second-order valence-electron chi connectivity index (χ2n) is 5.97. The molecule has 0 saturated heterocycles. The smallest absolute Gasteiger partial charge is 0.238 e. The Bertz CT molecular complexity index is 1230. The summed E-state index contributed by atoms with van der Waals surface area (Å²) in [6.07, 6.45) is 1.50. The maximum absolute atomic E-state index is 11.4. The topological polar surface area (TPSA) is 107 Å². The molecule has 3 N–H and O–H groups in total. The molecule has 2 heterocycles. The number of fused-ring (bicyclic) bond motifs is 1. The van der Waals surface area contributed by atoms with E-state index < -0.39 is 10.0 Å². The van der Waals surface area contributed by atoms with E-state index in [1.807, 2.05) is 29.6 Å². The number of rotatable bonds is 5.